The molecule has 140 valence electrons. The number of hydrogen-bond acceptors (Lipinski definition) is 9. The van der Waals surface area contributed by atoms with Gasteiger partial charge in [0.05, 0.1) is 30.1 Å². The molecule has 1 aliphatic heterocycles. The van der Waals surface area contributed by atoms with Crippen LogP contribution in [0.25, 0.3) is 21.9 Å². The summed E-state index contributed by atoms with van der Waals surface area (Å²) in [4.78, 5) is 17.0. The normalized spacial score (nSPS) is 13.6. The second kappa shape index (κ2) is 6.43. The van der Waals surface area contributed by atoms with Crippen molar-refractivity contribution >= 4 is 56.9 Å². The molecule has 0 unspecified atom stereocenters. The Morgan fingerprint density at radius 1 is 1.26 bits per heavy atom. The standard InChI is InChI=1S/C16H18N8O2S/c1-7(27)19-16-18-6-24(23-16)14-12-8-4-10(25-2)11(26-3)5-9(8)20-13(12)21-15(17)22-14/h4-5H,6H2,1-3H3,(H3,17,20,21,22)(H2,18,19,23,27). The van der Waals surface area contributed by atoms with Crippen molar-refractivity contribution in [1.82, 2.24) is 25.7 Å². The average molecular weight is 386 g/mol. The van der Waals surface area contributed by atoms with E-state index in [-0.39, 0.29) is 5.95 Å². The van der Waals surface area contributed by atoms with Gasteiger partial charge in [0, 0.05) is 11.5 Å². The number of ether oxygens (including phenoxy) is 2. The maximum atomic E-state index is 5.92. The number of aliphatic imine (C=N–C) groups is 1. The zero-order valence-corrected chi connectivity index (χ0v) is 15.8. The van der Waals surface area contributed by atoms with Crippen LogP contribution in [0, 0.1) is 0 Å². The second-order valence-corrected chi connectivity index (χ2v) is 6.49. The fourth-order valence-corrected chi connectivity index (χ4v) is 3.11. The highest BCUT2D eigenvalue weighted by Gasteiger charge is 2.23. The summed E-state index contributed by atoms with van der Waals surface area (Å²) in [5.41, 5.74) is 10.5. The molecule has 4 rings (SSSR count). The lowest BCUT2D eigenvalue weighted by Gasteiger charge is -2.18. The highest BCUT2D eigenvalue weighted by Crippen LogP contribution is 2.38. The molecule has 0 aliphatic carbocycles. The van der Waals surface area contributed by atoms with Gasteiger partial charge in [-0.05, 0) is 13.0 Å². The van der Waals surface area contributed by atoms with E-state index in [0.717, 1.165) is 16.3 Å². The van der Waals surface area contributed by atoms with Gasteiger partial charge >= 0.3 is 0 Å². The fraction of sp³-hybridized carbons (Fsp3) is 0.250. The predicted molar refractivity (Wildman–Crippen MR) is 108 cm³/mol. The van der Waals surface area contributed by atoms with Crippen molar-refractivity contribution in [2.75, 3.05) is 31.6 Å². The highest BCUT2D eigenvalue weighted by molar-refractivity contribution is 7.80. The molecular formula is C16H18N8O2S. The first-order valence-corrected chi connectivity index (χ1v) is 8.48. The van der Waals surface area contributed by atoms with Crippen molar-refractivity contribution in [1.29, 1.82) is 0 Å². The van der Waals surface area contributed by atoms with E-state index in [0.29, 0.717) is 40.6 Å². The van der Waals surface area contributed by atoms with Gasteiger partial charge in [0.25, 0.3) is 0 Å². The van der Waals surface area contributed by atoms with Gasteiger partial charge in [-0.25, -0.2) is 10.0 Å². The zero-order valence-electron chi connectivity index (χ0n) is 15.0. The topological polar surface area (TPSA) is 126 Å². The van der Waals surface area contributed by atoms with E-state index in [1.165, 1.54) is 0 Å². The lowest BCUT2D eigenvalue weighted by Crippen LogP contribution is -2.44. The molecule has 3 aromatic rings. The maximum absolute atomic E-state index is 5.92. The van der Waals surface area contributed by atoms with E-state index in [2.05, 4.69) is 30.7 Å². The Morgan fingerprint density at radius 2 is 2.00 bits per heavy atom. The Balaban J connectivity index is 1.87. The molecule has 2 aromatic heterocycles. The van der Waals surface area contributed by atoms with Crippen molar-refractivity contribution in [3.8, 4) is 11.5 Å². The monoisotopic (exact) mass is 386 g/mol. The van der Waals surface area contributed by atoms with Crippen LogP contribution >= 0.6 is 12.2 Å². The molecular weight excluding hydrogens is 368 g/mol. The number of thiocarbonyl (C=S) groups is 1. The summed E-state index contributed by atoms with van der Waals surface area (Å²) >= 11 is 5.06. The number of nitrogen functional groups attached to an aromatic ring is 1. The molecule has 1 aromatic carbocycles. The first-order chi connectivity index (χ1) is 13.0. The van der Waals surface area contributed by atoms with Crippen molar-refractivity contribution in [3.05, 3.63) is 12.1 Å². The van der Waals surface area contributed by atoms with E-state index in [9.17, 15) is 0 Å². The summed E-state index contributed by atoms with van der Waals surface area (Å²) in [5.74, 6) is 2.52. The van der Waals surface area contributed by atoms with Crippen LogP contribution in [-0.2, 0) is 0 Å². The van der Waals surface area contributed by atoms with Crippen molar-refractivity contribution < 1.29 is 9.47 Å². The number of anilines is 2. The molecule has 0 amide bonds. The Kier molecular flexibility index (Phi) is 4.07. The van der Waals surface area contributed by atoms with Crippen LogP contribution in [0.1, 0.15) is 6.92 Å². The summed E-state index contributed by atoms with van der Waals surface area (Å²) in [6.45, 7) is 2.12. The predicted octanol–water partition coefficient (Wildman–Crippen LogP) is 1.29. The Bertz CT molecular complexity index is 1090. The number of aromatic nitrogens is 3. The number of fused-ring (bicyclic) bond motifs is 3. The van der Waals surface area contributed by atoms with Crippen molar-refractivity contribution in [2.24, 2.45) is 4.99 Å². The lowest BCUT2D eigenvalue weighted by atomic mass is 10.2. The summed E-state index contributed by atoms with van der Waals surface area (Å²) in [7, 11) is 3.18. The van der Waals surface area contributed by atoms with Crippen molar-refractivity contribution in [3.63, 3.8) is 0 Å². The maximum Gasteiger partial charge on any atom is 0.224 e. The van der Waals surface area contributed by atoms with Gasteiger partial charge in [-0.3, -0.25) is 5.43 Å². The van der Waals surface area contributed by atoms with Gasteiger partial charge in [0.1, 0.15) is 12.3 Å². The number of nitrogens with one attached hydrogen (secondary N) is 3. The molecule has 3 heterocycles. The number of benzene rings is 1. The molecule has 0 radical (unpaired) electrons. The van der Waals surface area contributed by atoms with Crippen molar-refractivity contribution in [2.45, 2.75) is 6.92 Å². The molecule has 0 fully saturated rings. The molecule has 5 N–H and O–H groups in total. The van der Waals surface area contributed by atoms with Gasteiger partial charge in [-0.2, -0.15) is 9.97 Å². The lowest BCUT2D eigenvalue weighted by molar-refractivity contribution is 0.356. The summed E-state index contributed by atoms with van der Waals surface area (Å²) in [6, 6.07) is 3.74. The Labute approximate surface area is 159 Å². The molecule has 27 heavy (non-hydrogen) atoms. The fourth-order valence-electron chi connectivity index (χ4n) is 3.01. The number of nitrogens with two attached hydrogens (primary N) is 1. The Hall–Kier alpha value is -3.34. The van der Waals surface area contributed by atoms with E-state index >= 15 is 0 Å². The molecule has 1 aliphatic rings. The van der Waals surface area contributed by atoms with E-state index < -0.39 is 0 Å². The third-order valence-corrected chi connectivity index (χ3v) is 4.22. The van der Waals surface area contributed by atoms with Crippen LogP contribution in [0.4, 0.5) is 11.8 Å². The van der Waals surface area contributed by atoms with Crippen LogP contribution < -0.4 is 31.0 Å². The third kappa shape index (κ3) is 2.91. The number of H-pyrrole nitrogens is 1. The van der Waals surface area contributed by atoms with E-state index in [1.807, 2.05) is 12.1 Å². The molecule has 0 saturated heterocycles. The first-order valence-electron chi connectivity index (χ1n) is 8.07. The SMILES string of the molecule is COc1cc2[nH]c3nc(N)nc(N4CN=C(NC(C)=S)N4)c3c2cc1OC. The van der Waals surface area contributed by atoms with Gasteiger partial charge in [0.2, 0.25) is 11.9 Å². The minimum absolute atomic E-state index is 0.150. The van der Waals surface area contributed by atoms with Gasteiger partial charge in [-0.15, -0.1) is 0 Å². The number of aromatic amines is 1. The number of hydrazine groups is 1. The third-order valence-electron chi connectivity index (χ3n) is 4.11. The smallest absolute Gasteiger partial charge is 0.224 e. The average Bonchev–Trinajstić information content (AvgIpc) is 3.22. The van der Waals surface area contributed by atoms with E-state index in [4.69, 9.17) is 27.4 Å². The summed E-state index contributed by atoms with van der Waals surface area (Å²) in [5, 5.41) is 6.42. The highest BCUT2D eigenvalue weighted by atomic mass is 32.1. The quantitative estimate of drug-likeness (QED) is 0.493. The van der Waals surface area contributed by atoms with E-state index in [1.54, 1.807) is 26.2 Å². The van der Waals surface area contributed by atoms with Crippen LogP contribution in [0.15, 0.2) is 17.1 Å². The summed E-state index contributed by atoms with van der Waals surface area (Å²) < 4.78 is 10.8. The van der Waals surface area contributed by atoms with Crippen LogP contribution in [-0.4, -0.2) is 46.8 Å². The largest absolute Gasteiger partial charge is 0.493 e. The first kappa shape index (κ1) is 17.1. The minimum atomic E-state index is 0.150. The minimum Gasteiger partial charge on any atom is -0.493 e. The Morgan fingerprint density at radius 3 is 2.70 bits per heavy atom. The molecule has 0 atom stereocenters. The molecule has 11 heteroatoms. The number of methoxy groups -OCH3 is 2. The number of rotatable bonds is 3. The number of nitrogens with zero attached hydrogens (tertiary/aromatic N) is 4. The molecule has 0 saturated carbocycles. The summed E-state index contributed by atoms with van der Waals surface area (Å²) in [6.07, 6.45) is 0. The van der Waals surface area contributed by atoms with Crippen LogP contribution in [0.2, 0.25) is 0 Å². The van der Waals surface area contributed by atoms with Crippen LogP contribution in [0.5, 0.6) is 11.5 Å². The van der Waals surface area contributed by atoms with Gasteiger partial charge < -0.3 is 25.5 Å². The second-order valence-electron chi connectivity index (χ2n) is 5.88. The number of hydrogen-bond donors (Lipinski definition) is 4. The zero-order chi connectivity index (χ0) is 19.1. The molecule has 0 spiro atoms. The molecule has 0 bridgehead atoms. The van der Waals surface area contributed by atoms with Crippen LogP contribution in [0.3, 0.4) is 0 Å². The number of guanidine groups is 1. The molecule has 10 nitrogen and oxygen atoms in total. The van der Waals surface area contributed by atoms with Gasteiger partial charge in [0.15, 0.2) is 17.3 Å². The van der Waals surface area contributed by atoms with Gasteiger partial charge in [-0.1, -0.05) is 12.2 Å².